The molecule has 1 amide bonds. The lowest BCUT2D eigenvalue weighted by atomic mass is 10.2. The smallest absolute Gasteiger partial charge is 0.411 e. The molecule has 0 unspecified atom stereocenters. The summed E-state index contributed by atoms with van der Waals surface area (Å²) in [4.78, 5) is 26.0. The fourth-order valence-electron chi connectivity index (χ4n) is 2.23. The van der Waals surface area contributed by atoms with Crippen molar-refractivity contribution >= 4 is 22.4 Å². The zero-order valence-corrected chi connectivity index (χ0v) is 17.3. The number of carbonyl (C=O) groups is 2. The van der Waals surface area contributed by atoms with Crippen LogP contribution in [0.1, 0.15) is 48.0 Å². The van der Waals surface area contributed by atoms with E-state index in [1.54, 1.807) is 20.8 Å². The molecule has 0 aromatic rings. The van der Waals surface area contributed by atoms with Gasteiger partial charge in [-0.25, -0.2) is 9.59 Å². The van der Waals surface area contributed by atoms with Crippen LogP contribution in [0.3, 0.4) is 0 Å². The van der Waals surface area contributed by atoms with Gasteiger partial charge in [0.15, 0.2) is 0 Å². The average molecular weight is 364 g/mol. The van der Waals surface area contributed by atoms with Crippen LogP contribution in [-0.2, 0) is 18.5 Å². The van der Waals surface area contributed by atoms with Gasteiger partial charge in [-0.05, 0) is 33.3 Å². The van der Waals surface area contributed by atoms with Crippen LogP contribution in [0.2, 0.25) is 0 Å². The summed E-state index contributed by atoms with van der Waals surface area (Å²) in [5, 5.41) is 0. The molecule has 0 N–H and O–H groups in total. The van der Waals surface area contributed by atoms with E-state index in [9.17, 15) is 9.59 Å². The number of amides is 1. The van der Waals surface area contributed by atoms with Crippen LogP contribution < -0.4 is 0 Å². The third-order valence-electron chi connectivity index (χ3n) is 4.22. The van der Waals surface area contributed by atoms with Gasteiger partial charge in [0.05, 0.1) is 19.8 Å². The molecule has 1 rings (SSSR count). The van der Waals surface area contributed by atoms with Gasteiger partial charge in [0, 0.05) is 11.2 Å². The fraction of sp³-hybridized carbons (Fsp3) is 0.882. The van der Waals surface area contributed by atoms with Crippen molar-refractivity contribution in [3.05, 3.63) is 0 Å². The maximum atomic E-state index is 12.4. The van der Waals surface area contributed by atoms with Crippen molar-refractivity contribution < 1.29 is 23.2 Å². The van der Waals surface area contributed by atoms with Gasteiger partial charge < -0.3 is 13.7 Å². The minimum atomic E-state index is -1.35. The normalized spacial score (nSPS) is 23.1. The number of likely N-dealkylation sites (tertiary alicyclic amines) is 1. The highest BCUT2D eigenvalue weighted by Crippen LogP contribution is 2.55. The van der Waals surface area contributed by atoms with E-state index in [0.29, 0.717) is 13.0 Å². The first kappa shape index (κ1) is 21.1. The Morgan fingerprint density at radius 2 is 1.62 bits per heavy atom. The Kier molecular flexibility index (Phi) is 6.26. The average Bonchev–Trinajstić information content (AvgIpc) is 2.77. The third-order valence-corrected chi connectivity index (χ3v) is 7.92. The molecule has 0 aromatic heterocycles. The molecule has 6 nitrogen and oxygen atoms in total. The maximum absolute atomic E-state index is 12.4. The van der Waals surface area contributed by atoms with Crippen LogP contribution in [0.5, 0.6) is 0 Å². The Labute approximate surface area is 147 Å². The SMILES string of the molecule is COC(=O)[C@@H]1C[C@@H](OS(C)(C)C(C)(C)C)CN1C(=O)OC(C)(C)C. The first-order valence-corrected chi connectivity index (χ1v) is 10.5. The van der Waals surface area contributed by atoms with E-state index in [0.717, 1.165) is 0 Å². The van der Waals surface area contributed by atoms with Gasteiger partial charge in [-0.2, -0.15) is 0 Å². The summed E-state index contributed by atoms with van der Waals surface area (Å²) in [6.07, 6.45) is 3.93. The molecular formula is C17H33NO5S. The van der Waals surface area contributed by atoms with Gasteiger partial charge in [-0.3, -0.25) is 4.90 Å². The molecule has 0 bridgehead atoms. The van der Waals surface area contributed by atoms with E-state index in [4.69, 9.17) is 13.7 Å². The van der Waals surface area contributed by atoms with Crippen LogP contribution in [-0.4, -0.2) is 65.6 Å². The lowest BCUT2D eigenvalue weighted by Gasteiger charge is -2.45. The zero-order chi connectivity index (χ0) is 18.9. The minimum absolute atomic E-state index is 0.00704. The molecule has 142 valence electrons. The molecule has 1 saturated heterocycles. The van der Waals surface area contributed by atoms with Gasteiger partial charge >= 0.3 is 12.1 Å². The maximum Gasteiger partial charge on any atom is 0.411 e. The molecule has 0 radical (unpaired) electrons. The van der Waals surface area contributed by atoms with Crippen LogP contribution >= 0.6 is 10.3 Å². The molecule has 7 heteroatoms. The molecule has 2 atom stereocenters. The molecule has 0 spiro atoms. The summed E-state index contributed by atoms with van der Waals surface area (Å²) in [5.74, 6) is -0.435. The van der Waals surface area contributed by atoms with Gasteiger partial charge in [0.25, 0.3) is 0 Å². The Morgan fingerprint density at radius 1 is 1.08 bits per heavy atom. The Bertz CT molecular complexity index is 478. The molecular weight excluding hydrogens is 330 g/mol. The van der Waals surface area contributed by atoms with Crippen molar-refractivity contribution in [3.63, 3.8) is 0 Å². The highest BCUT2D eigenvalue weighted by molar-refractivity contribution is 8.29. The second kappa shape index (κ2) is 7.12. The summed E-state index contributed by atoms with van der Waals surface area (Å²) in [6, 6.07) is -0.662. The monoisotopic (exact) mass is 363 g/mol. The second-order valence-corrected chi connectivity index (χ2v) is 12.4. The molecule has 1 heterocycles. The van der Waals surface area contributed by atoms with Gasteiger partial charge in [-0.15, -0.1) is 10.3 Å². The molecule has 1 aliphatic rings. The third kappa shape index (κ3) is 5.28. The molecule has 0 aromatic carbocycles. The van der Waals surface area contributed by atoms with Crippen LogP contribution in [0, 0.1) is 0 Å². The summed E-state index contributed by atoms with van der Waals surface area (Å²) in [5.41, 5.74) is -0.618. The molecule has 1 fully saturated rings. The molecule has 24 heavy (non-hydrogen) atoms. The van der Waals surface area contributed by atoms with E-state index in [-0.39, 0.29) is 10.9 Å². The highest BCUT2D eigenvalue weighted by Gasteiger charge is 2.45. The van der Waals surface area contributed by atoms with Gasteiger partial charge in [0.2, 0.25) is 0 Å². The van der Waals surface area contributed by atoms with E-state index in [1.807, 2.05) is 0 Å². The van der Waals surface area contributed by atoms with Gasteiger partial charge in [-0.1, -0.05) is 20.8 Å². The van der Waals surface area contributed by atoms with E-state index >= 15 is 0 Å². The Hall–Kier alpha value is -0.950. The lowest BCUT2D eigenvalue weighted by molar-refractivity contribution is -0.145. The predicted octanol–water partition coefficient (Wildman–Crippen LogP) is 3.33. The van der Waals surface area contributed by atoms with E-state index in [2.05, 4.69) is 33.3 Å². The van der Waals surface area contributed by atoms with Crippen LogP contribution in [0.4, 0.5) is 4.79 Å². The predicted molar refractivity (Wildman–Crippen MR) is 97.4 cm³/mol. The highest BCUT2D eigenvalue weighted by atomic mass is 32.3. The summed E-state index contributed by atoms with van der Waals surface area (Å²) in [6.45, 7) is 12.2. The number of esters is 1. The number of hydrogen-bond acceptors (Lipinski definition) is 5. The topological polar surface area (TPSA) is 65.1 Å². The first-order chi connectivity index (χ1) is 10.7. The van der Waals surface area contributed by atoms with Crippen molar-refractivity contribution in [2.24, 2.45) is 0 Å². The fourth-order valence-corrected chi connectivity index (χ4v) is 3.34. The van der Waals surface area contributed by atoms with Crippen molar-refractivity contribution in [3.8, 4) is 0 Å². The van der Waals surface area contributed by atoms with E-state index in [1.165, 1.54) is 12.0 Å². The van der Waals surface area contributed by atoms with Crippen molar-refractivity contribution in [2.75, 3.05) is 26.2 Å². The molecule has 0 aliphatic carbocycles. The number of nitrogens with zero attached hydrogens (tertiary/aromatic N) is 1. The quantitative estimate of drug-likeness (QED) is 0.720. The summed E-state index contributed by atoms with van der Waals surface area (Å²) >= 11 is 0. The lowest BCUT2D eigenvalue weighted by Crippen LogP contribution is -2.44. The first-order valence-electron chi connectivity index (χ1n) is 8.16. The number of ether oxygens (including phenoxy) is 2. The minimum Gasteiger partial charge on any atom is -0.467 e. The van der Waals surface area contributed by atoms with E-state index < -0.39 is 34.0 Å². The standard InChI is InChI=1S/C17H33NO5S/c1-16(2,3)22-15(20)18-11-12(10-13(18)14(19)21-7)23-24(8,9)17(4,5)6/h12-13H,10-11H2,1-9H3/t12-,13+/m1/s1. The molecule has 1 aliphatic heterocycles. The van der Waals surface area contributed by atoms with Crippen LogP contribution in [0.15, 0.2) is 0 Å². The largest absolute Gasteiger partial charge is 0.467 e. The number of hydrogen-bond donors (Lipinski definition) is 0. The summed E-state index contributed by atoms with van der Waals surface area (Å²) < 4.78 is 16.6. The number of carbonyl (C=O) groups excluding carboxylic acids is 2. The number of rotatable bonds is 3. The molecule has 0 saturated carbocycles. The Balaban J connectivity index is 2.92. The van der Waals surface area contributed by atoms with Gasteiger partial charge in [0.1, 0.15) is 11.6 Å². The zero-order valence-electron chi connectivity index (χ0n) is 16.5. The van der Waals surface area contributed by atoms with Crippen LogP contribution in [0.25, 0.3) is 0 Å². The van der Waals surface area contributed by atoms with Crippen molar-refractivity contribution in [1.82, 2.24) is 4.90 Å². The van der Waals surface area contributed by atoms with Crippen molar-refractivity contribution in [1.29, 1.82) is 0 Å². The number of methoxy groups -OCH3 is 1. The Morgan fingerprint density at radius 3 is 2.04 bits per heavy atom. The summed E-state index contributed by atoms with van der Waals surface area (Å²) in [7, 11) is -0.0246. The second-order valence-electron chi connectivity index (χ2n) is 8.47. The van der Waals surface area contributed by atoms with Crippen molar-refractivity contribution in [2.45, 2.75) is 70.5 Å².